The second-order valence-electron chi connectivity index (χ2n) is 5.34. The number of nitrogens with one attached hydrogen (secondary N) is 1. The molecule has 0 aliphatic heterocycles. The number of carbonyl (C=O) groups is 1. The van der Waals surface area contributed by atoms with Crippen molar-refractivity contribution in [2.75, 3.05) is 0 Å². The smallest absolute Gasteiger partial charge is 0.272 e. The summed E-state index contributed by atoms with van der Waals surface area (Å²) in [6.07, 6.45) is 11.0. The number of hydrogen-bond donors (Lipinski definition) is 1. The number of amides is 1. The van der Waals surface area contributed by atoms with E-state index in [-0.39, 0.29) is 11.9 Å². The lowest BCUT2D eigenvalue weighted by Gasteiger charge is -2.24. The van der Waals surface area contributed by atoms with Crippen molar-refractivity contribution in [3.05, 3.63) is 54.4 Å². The average molecular weight is 282 g/mol. The Labute approximate surface area is 123 Å². The normalized spacial score (nSPS) is 16.6. The summed E-state index contributed by atoms with van der Waals surface area (Å²) < 4.78 is 0. The number of pyridine rings is 1. The molecule has 108 valence electrons. The maximum Gasteiger partial charge on any atom is 0.272 e. The predicted octanol–water partition coefficient (Wildman–Crippen LogP) is 2.53. The molecule has 0 aromatic carbocycles. The molecule has 3 rings (SSSR count). The molecule has 0 bridgehead atoms. The van der Waals surface area contributed by atoms with Gasteiger partial charge in [-0.05, 0) is 30.9 Å². The molecule has 5 nitrogen and oxygen atoms in total. The number of hydrogen-bond acceptors (Lipinski definition) is 4. The summed E-state index contributed by atoms with van der Waals surface area (Å²) in [5.74, 6) is 0.256. The molecule has 5 heteroatoms. The molecule has 2 aromatic heterocycles. The van der Waals surface area contributed by atoms with Gasteiger partial charge < -0.3 is 5.32 Å². The van der Waals surface area contributed by atoms with Gasteiger partial charge in [-0.3, -0.25) is 14.8 Å². The zero-order chi connectivity index (χ0) is 14.5. The molecule has 1 aliphatic rings. The van der Waals surface area contributed by atoms with Crippen LogP contribution in [0.2, 0.25) is 0 Å². The summed E-state index contributed by atoms with van der Waals surface area (Å²) in [6, 6.07) is 5.77. The zero-order valence-electron chi connectivity index (χ0n) is 11.8. The highest BCUT2D eigenvalue weighted by atomic mass is 16.1. The first-order chi connectivity index (χ1) is 10.3. The first kappa shape index (κ1) is 13.7. The molecule has 0 saturated heterocycles. The lowest BCUT2D eigenvalue weighted by Crippen LogP contribution is -2.33. The Bertz CT molecular complexity index is 582. The van der Waals surface area contributed by atoms with Crippen LogP contribution in [-0.2, 0) is 0 Å². The Morgan fingerprint density at radius 3 is 2.67 bits per heavy atom. The van der Waals surface area contributed by atoms with Crippen LogP contribution in [-0.4, -0.2) is 20.9 Å². The third-order valence-electron chi connectivity index (χ3n) is 3.96. The van der Waals surface area contributed by atoms with Crippen LogP contribution >= 0.6 is 0 Å². The van der Waals surface area contributed by atoms with Crippen molar-refractivity contribution >= 4 is 5.91 Å². The van der Waals surface area contributed by atoms with E-state index in [9.17, 15) is 4.79 Å². The molecule has 1 atom stereocenters. The minimum Gasteiger partial charge on any atom is -0.342 e. The van der Waals surface area contributed by atoms with E-state index in [2.05, 4.69) is 20.3 Å². The van der Waals surface area contributed by atoms with Gasteiger partial charge in [0.25, 0.3) is 5.91 Å². The minimum absolute atomic E-state index is 0.0526. The summed E-state index contributed by atoms with van der Waals surface area (Å²) in [5, 5.41) is 3.09. The maximum absolute atomic E-state index is 12.3. The van der Waals surface area contributed by atoms with Gasteiger partial charge in [-0.25, -0.2) is 4.98 Å². The molecule has 0 radical (unpaired) electrons. The van der Waals surface area contributed by atoms with Crippen molar-refractivity contribution in [2.45, 2.75) is 31.7 Å². The van der Waals surface area contributed by atoms with Gasteiger partial charge in [-0.2, -0.15) is 0 Å². The largest absolute Gasteiger partial charge is 0.342 e. The van der Waals surface area contributed by atoms with Crippen molar-refractivity contribution in [2.24, 2.45) is 5.92 Å². The quantitative estimate of drug-likeness (QED) is 0.935. The molecule has 1 fully saturated rings. The fourth-order valence-electron chi connectivity index (χ4n) is 2.92. The summed E-state index contributed by atoms with van der Waals surface area (Å²) in [7, 11) is 0. The van der Waals surface area contributed by atoms with Crippen LogP contribution in [0.5, 0.6) is 0 Å². The van der Waals surface area contributed by atoms with Gasteiger partial charge in [0.1, 0.15) is 5.69 Å². The molecule has 21 heavy (non-hydrogen) atoms. The fourth-order valence-corrected chi connectivity index (χ4v) is 2.92. The van der Waals surface area contributed by atoms with Crippen LogP contribution in [0, 0.1) is 5.92 Å². The second kappa shape index (κ2) is 6.43. The van der Waals surface area contributed by atoms with E-state index < -0.39 is 0 Å². The maximum atomic E-state index is 12.3. The van der Waals surface area contributed by atoms with Gasteiger partial charge in [-0.15, -0.1) is 0 Å². The van der Waals surface area contributed by atoms with Crippen LogP contribution in [0.25, 0.3) is 0 Å². The van der Waals surface area contributed by atoms with E-state index in [0.29, 0.717) is 11.6 Å². The molecular weight excluding hydrogens is 264 g/mol. The third kappa shape index (κ3) is 3.24. The third-order valence-corrected chi connectivity index (χ3v) is 3.96. The molecule has 1 N–H and O–H groups in total. The summed E-state index contributed by atoms with van der Waals surface area (Å²) in [6.45, 7) is 0. The van der Waals surface area contributed by atoms with Crippen molar-refractivity contribution in [3.8, 4) is 0 Å². The fraction of sp³-hybridized carbons (Fsp3) is 0.375. The Morgan fingerprint density at radius 2 is 2.00 bits per heavy atom. The average Bonchev–Trinajstić information content (AvgIpc) is 3.08. The highest BCUT2D eigenvalue weighted by Gasteiger charge is 2.29. The SMILES string of the molecule is O=C(N[C@@H](c1ccccn1)C1CCCC1)c1cnccn1. The van der Waals surface area contributed by atoms with Crippen LogP contribution in [0.3, 0.4) is 0 Å². The van der Waals surface area contributed by atoms with Gasteiger partial charge >= 0.3 is 0 Å². The van der Waals surface area contributed by atoms with Crippen molar-refractivity contribution in [3.63, 3.8) is 0 Å². The first-order valence-electron chi connectivity index (χ1n) is 7.32. The van der Waals surface area contributed by atoms with E-state index >= 15 is 0 Å². The number of aromatic nitrogens is 3. The van der Waals surface area contributed by atoms with Gasteiger partial charge in [0.2, 0.25) is 0 Å². The van der Waals surface area contributed by atoms with Crippen LogP contribution in [0.15, 0.2) is 43.0 Å². The molecule has 1 saturated carbocycles. The monoisotopic (exact) mass is 282 g/mol. The highest BCUT2D eigenvalue weighted by Crippen LogP contribution is 2.35. The highest BCUT2D eigenvalue weighted by molar-refractivity contribution is 5.92. The van der Waals surface area contributed by atoms with Gasteiger partial charge in [-0.1, -0.05) is 18.9 Å². The lowest BCUT2D eigenvalue weighted by molar-refractivity contribution is 0.0915. The van der Waals surface area contributed by atoms with Gasteiger partial charge in [0.15, 0.2) is 0 Å². The number of carbonyl (C=O) groups excluding carboxylic acids is 1. The van der Waals surface area contributed by atoms with Crippen molar-refractivity contribution in [1.82, 2.24) is 20.3 Å². The molecule has 0 unspecified atom stereocenters. The number of rotatable bonds is 4. The molecular formula is C16H18N4O. The molecule has 1 amide bonds. The second-order valence-corrected chi connectivity index (χ2v) is 5.34. The molecule has 2 aromatic rings. The van der Waals surface area contributed by atoms with Crippen LogP contribution in [0.4, 0.5) is 0 Å². The minimum atomic E-state index is -0.189. The van der Waals surface area contributed by atoms with E-state index in [0.717, 1.165) is 18.5 Å². The van der Waals surface area contributed by atoms with E-state index in [4.69, 9.17) is 0 Å². The van der Waals surface area contributed by atoms with Gasteiger partial charge in [0.05, 0.1) is 17.9 Å². The Hall–Kier alpha value is -2.30. The summed E-state index contributed by atoms with van der Waals surface area (Å²) in [4.78, 5) is 24.8. The Kier molecular flexibility index (Phi) is 4.19. The number of nitrogens with zero attached hydrogens (tertiary/aromatic N) is 3. The van der Waals surface area contributed by atoms with E-state index in [1.165, 1.54) is 25.2 Å². The molecule has 0 spiro atoms. The Morgan fingerprint density at radius 1 is 1.14 bits per heavy atom. The molecule has 2 heterocycles. The summed E-state index contributed by atoms with van der Waals surface area (Å²) in [5.41, 5.74) is 1.26. The topological polar surface area (TPSA) is 67.8 Å². The Balaban J connectivity index is 1.81. The van der Waals surface area contributed by atoms with Crippen LogP contribution < -0.4 is 5.32 Å². The van der Waals surface area contributed by atoms with E-state index in [1.807, 2.05) is 18.2 Å². The molecule has 1 aliphatic carbocycles. The lowest BCUT2D eigenvalue weighted by atomic mass is 9.94. The summed E-state index contributed by atoms with van der Waals surface area (Å²) >= 11 is 0. The standard InChI is InChI=1S/C16H18N4O/c21-16(14-11-17-9-10-19-14)20-15(12-5-1-2-6-12)13-7-3-4-8-18-13/h3-4,7-12,15H,1-2,5-6H2,(H,20,21)/t15-/m1/s1. The zero-order valence-corrected chi connectivity index (χ0v) is 11.8. The van der Waals surface area contributed by atoms with Gasteiger partial charge in [0, 0.05) is 18.6 Å². The van der Waals surface area contributed by atoms with E-state index in [1.54, 1.807) is 12.4 Å². The predicted molar refractivity (Wildman–Crippen MR) is 78.4 cm³/mol. The van der Waals surface area contributed by atoms with Crippen molar-refractivity contribution in [1.29, 1.82) is 0 Å². The van der Waals surface area contributed by atoms with Crippen LogP contribution in [0.1, 0.15) is 47.9 Å². The van der Waals surface area contributed by atoms with Crippen molar-refractivity contribution < 1.29 is 4.79 Å². The first-order valence-corrected chi connectivity index (χ1v) is 7.32.